The fraction of sp³-hybridized carbons (Fsp3) is 0.455. The van der Waals surface area contributed by atoms with Crippen molar-refractivity contribution in [3.8, 4) is 0 Å². The first kappa shape index (κ1) is 8.89. The third-order valence-corrected chi connectivity index (χ3v) is 2.99. The minimum absolute atomic E-state index is 0.551. The van der Waals surface area contributed by atoms with Crippen molar-refractivity contribution in [3.63, 3.8) is 0 Å². The Morgan fingerprint density at radius 2 is 2.23 bits per heavy atom. The maximum Gasteiger partial charge on any atom is 0.0640 e. The van der Waals surface area contributed by atoms with Crippen molar-refractivity contribution >= 4 is 17.3 Å². The minimum Gasteiger partial charge on any atom is -0.380 e. The zero-order valence-corrected chi connectivity index (χ0v) is 8.73. The van der Waals surface area contributed by atoms with Crippen LogP contribution in [0, 0.1) is 5.92 Å². The third kappa shape index (κ3) is 1.53. The molecule has 1 aliphatic heterocycles. The predicted octanol–water partition coefficient (Wildman–Crippen LogP) is 3.33. The SMILES string of the molecule is CC(C)C1Cc2cccc(Cl)c2N1. The Balaban J connectivity index is 2.30. The van der Waals surface area contributed by atoms with Gasteiger partial charge in [-0.25, -0.2) is 0 Å². The van der Waals surface area contributed by atoms with Gasteiger partial charge in [0.05, 0.1) is 10.7 Å². The van der Waals surface area contributed by atoms with Crippen LogP contribution in [0.5, 0.6) is 0 Å². The molecule has 0 amide bonds. The molecule has 1 aromatic rings. The number of nitrogens with one attached hydrogen (secondary N) is 1. The first-order chi connectivity index (χ1) is 6.18. The Labute approximate surface area is 84.1 Å². The van der Waals surface area contributed by atoms with Gasteiger partial charge in [0.15, 0.2) is 0 Å². The molecule has 2 heteroatoms. The van der Waals surface area contributed by atoms with Gasteiger partial charge in [-0.15, -0.1) is 0 Å². The maximum absolute atomic E-state index is 6.08. The zero-order chi connectivity index (χ0) is 9.42. The summed E-state index contributed by atoms with van der Waals surface area (Å²) in [5, 5.41) is 4.32. The van der Waals surface area contributed by atoms with E-state index >= 15 is 0 Å². The number of rotatable bonds is 1. The standard InChI is InChI=1S/C11H14ClN/c1-7(2)10-6-8-4-3-5-9(12)11(8)13-10/h3-5,7,10,13H,6H2,1-2H3. The van der Waals surface area contributed by atoms with Crippen molar-refractivity contribution in [3.05, 3.63) is 28.8 Å². The summed E-state index contributed by atoms with van der Waals surface area (Å²) >= 11 is 6.08. The van der Waals surface area contributed by atoms with Gasteiger partial charge in [-0.2, -0.15) is 0 Å². The number of hydrogen-bond donors (Lipinski definition) is 1. The lowest BCUT2D eigenvalue weighted by atomic mass is 10.0. The van der Waals surface area contributed by atoms with Crippen LogP contribution < -0.4 is 5.32 Å². The van der Waals surface area contributed by atoms with E-state index in [9.17, 15) is 0 Å². The molecule has 1 aromatic carbocycles. The third-order valence-electron chi connectivity index (χ3n) is 2.67. The van der Waals surface area contributed by atoms with Crippen LogP contribution >= 0.6 is 11.6 Å². The molecule has 0 saturated carbocycles. The van der Waals surface area contributed by atoms with Crippen LogP contribution in [0.1, 0.15) is 19.4 Å². The van der Waals surface area contributed by atoms with Gasteiger partial charge >= 0.3 is 0 Å². The van der Waals surface area contributed by atoms with E-state index in [0.29, 0.717) is 12.0 Å². The molecule has 1 N–H and O–H groups in total. The van der Waals surface area contributed by atoms with Gasteiger partial charge in [-0.1, -0.05) is 37.6 Å². The summed E-state index contributed by atoms with van der Waals surface area (Å²) in [5.41, 5.74) is 2.49. The molecular formula is C11H14ClN. The lowest BCUT2D eigenvalue weighted by Crippen LogP contribution is -2.21. The van der Waals surface area contributed by atoms with E-state index in [1.807, 2.05) is 12.1 Å². The molecule has 2 rings (SSSR count). The Morgan fingerprint density at radius 1 is 1.46 bits per heavy atom. The highest BCUT2D eigenvalue weighted by Crippen LogP contribution is 2.34. The summed E-state index contributed by atoms with van der Waals surface area (Å²) in [6.45, 7) is 4.47. The van der Waals surface area contributed by atoms with Gasteiger partial charge in [0.1, 0.15) is 0 Å². The molecule has 0 spiro atoms. The van der Waals surface area contributed by atoms with Crippen LogP contribution in [0.2, 0.25) is 5.02 Å². The largest absolute Gasteiger partial charge is 0.380 e. The van der Waals surface area contributed by atoms with Crippen LogP contribution in [-0.4, -0.2) is 6.04 Å². The highest BCUT2D eigenvalue weighted by atomic mass is 35.5. The van der Waals surface area contributed by atoms with Gasteiger partial charge in [0.25, 0.3) is 0 Å². The smallest absolute Gasteiger partial charge is 0.0640 e. The van der Waals surface area contributed by atoms with E-state index in [2.05, 4.69) is 25.2 Å². The summed E-state index contributed by atoms with van der Waals surface area (Å²) in [6.07, 6.45) is 1.10. The Bertz CT molecular complexity index is 320. The molecule has 70 valence electrons. The average molecular weight is 196 g/mol. The van der Waals surface area contributed by atoms with Crippen LogP contribution in [0.3, 0.4) is 0 Å². The first-order valence-electron chi connectivity index (χ1n) is 4.72. The second-order valence-corrected chi connectivity index (χ2v) is 4.38. The molecule has 1 unspecified atom stereocenters. The number of hydrogen-bond acceptors (Lipinski definition) is 1. The van der Waals surface area contributed by atoms with Gasteiger partial charge in [-0.05, 0) is 24.0 Å². The molecule has 1 nitrogen and oxygen atoms in total. The summed E-state index contributed by atoms with van der Waals surface area (Å²) in [6, 6.07) is 6.66. The molecular weight excluding hydrogens is 182 g/mol. The molecule has 0 radical (unpaired) electrons. The van der Waals surface area contributed by atoms with Gasteiger partial charge < -0.3 is 5.32 Å². The van der Waals surface area contributed by atoms with Crippen LogP contribution in [0.15, 0.2) is 18.2 Å². The van der Waals surface area contributed by atoms with Crippen molar-refractivity contribution in [2.75, 3.05) is 5.32 Å². The molecule has 13 heavy (non-hydrogen) atoms. The second-order valence-electron chi connectivity index (χ2n) is 3.97. The topological polar surface area (TPSA) is 12.0 Å². The average Bonchev–Trinajstić information content (AvgIpc) is 2.49. The van der Waals surface area contributed by atoms with Crippen LogP contribution in [0.4, 0.5) is 5.69 Å². The quantitative estimate of drug-likeness (QED) is 0.725. The number of benzene rings is 1. The van der Waals surface area contributed by atoms with E-state index in [-0.39, 0.29) is 0 Å². The zero-order valence-electron chi connectivity index (χ0n) is 7.97. The fourth-order valence-electron chi connectivity index (χ4n) is 1.78. The normalized spacial score (nSPS) is 20.2. The van der Waals surface area contributed by atoms with E-state index in [0.717, 1.165) is 17.1 Å². The van der Waals surface area contributed by atoms with Crippen LogP contribution in [-0.2, 0) is 6.42 Å². The second kappa shape index (κ2) is 3.22. The molecule has 0 fully saturated rings. The number of fused-ring (bicyclic) bond motifs is 1. The maximum atomic E-state index is 6.08. The van der Waals surface area contributed by atoms with E-state index < -0.39 is 0 Å². The lowest BCUT2D eigenvalue weighted by molar-refractivity contribution is 0.538. The van der Waals surface area contributed by atoms with Gasteiger partial charge in [0, 0.05) is 6.04 Å². The molecule has 0 saturated heterocycles. The van der Waals surface area contributed by atoms with E-state index in [1.165, 1.54) is 5.56 Å². The predicted molar refractivity (Wildman–Crippen MR) is 57.4 cm³/mol. The Hall–Kier alpha value is -0.690. The lowest BCUT2D eigenvalue weighted by Gasteiger charge is -2.15. The highest BCUT2D eigenvalue weighted by molar-refractivity contribution is 6.33. The summed E-state index contributed by atoms with van der Waals surface area (Å²) < 4.78 is 0. The van der Waals surface area contributed by atoms with E-state index in [4.69, 9.17) is 11.6 Å². The summed E-state index contributed by atoms with van der Waals surface area (Å²) in [5.74, 6) is 0.656. The Kier molecular flexibility index (Phi) is 2.20. The number of halogens is 1. The molecule has 0 aromatic heterocycles. The first-order valence-corrected chi connectivity index (χ1v) is 5.10. The van der Waals surface area contributed by atoms with Crippen molar-refractivity contribution in [1.29, 1.82) is 0 Å². The van der Waals surface area contributed by atoms with Gasteiger partial charge in [-0.3, -0.25) is 0 Å². The Morgan fingerprint density at radius 3 is 2.85 bits per heavy atom. The van der Waals surface area contributed by atoms with Gasteiger partial charge in [0.2, 0.25) is 0 Å². The van der Waals surface area contributed by atoms with Crippen molar-refractivity contribution in [2.24, 2.45) is 5.92 Å². The van der Waals surface area contributed by atoms with E-state index in [1.54, 1.807) is 0 Å². The summed E-state index contributed by atoms with van der Waals surface area (Å²) in [4.78, 5) is 0. The molecule has 1 aliphatic rings. The molecule has 0 aliphatic carbocycles. The molecule has 1 atom stereocenters. The minimum atomic E-state index is 0.551. The van der Waals surface area contributed by atoms with Crippen molar-refractivity contribution < 1.29 is 0 Å². The summed E-state index contributed by atoms with van der Waals surface area (Å²) in [7, 11) is 0. The number of para-hydroxylation sites is 1. The number of anilines is 1. The fourth-order valence-corrected chi connectivity index (χ4v) is 2.02. The van der Waals surface area contributed by atoms with Crippen LogP contribution in [0.25, 0.3) is 0 Å². The molecule has 1 heterocycles. The van der Waals surface area contributed by atoms with Crippen molar-refractivity contribution in [1.82, 2.24) is 0 Å². The monoisotopic (exact) mass is 195 g/mol. The highest BCUT2D eigenvalue weighted by Gasteiger charge is 2.24. The van der Waals surface area contributed by atoms with Crippen molar-refractivity contribution in [2.45, 2.75) is 26.3 Å². The molecule has 0 bridgehead atoms.